The second-order valence-corrected chi connectivity index (χ2v) is 3.17. The normalized spacial score (nSPS) is 9.86. The van der Waals surface area contributed by atoms with Crippen molar-refractivity contribution < 1.29 is 14.3 Å². The van der Waals surface area contributed by atoms with E-state index in [1.54, 1.807) is 6.92 Å². The molecule has 0 spiro atoms. The van der Waals surface area contributed by atoms with E-state index >= 15 is 0 Å². The highest BCUT2D eigenvalue weighted by Gasteiger charge is 2.01. The molecule has 0 amide bonds. The number of esters is 1. The van der Waals surface area contributed by atoms with Gasteiger partial charge in [-0.25, -0.2) is 4.79 Å². The van der Waals surface area contributed by atoms with Gasteiger partial charge in [-0.2, -0.15) is 0 Å². The maximum absolute atomic E-state index is 10.9. The minimum atomic E-state index is -0.296. The summed E-state index contributed by atoms with van der Waals surface area (Å²) in [5, 5.41) is 0. The molecule has 0 radical (unpaired) electrons. The zero-order valence-corrected chi connectivity index (χ0v) is 9.17. The first-order chi connectivity index (χ1) is 6.68. The fraction of sp³-hybridized carbons (Fsp3) is 0.727. The number of unbranched alkanes of at least 4 members (excludes halogenated alkanes) is 2. The van der Waals surface area contributed by atoms with Crippen LogP contribution in [0.15, 0.2) is 12.2 Å². The maximum atomic E-state index is 10.9. The molecule has 0 fully saturated rings. The topological polar surface area (TPSA) is 35.5 Å². The van der Waals surface area contributed by atoms with E-state index in [1.807, 2.05) is 6.92 Å². The van der Waals surface area contributed by atoms with Crippen LogP contribution in [0.2, 0.25) is 0 Å². The first-order valence-corrected chi connectivity index (χ1v) is 5.08. The predicted octanol–water partition coefficient (Wildman–Crippen LogP) is 2.31. The number of carbonyl (C=O) groups is 1. The van der Waals surface area contributed by atoms with Crippen LogP contribution in [0.1, 0.15) is 33.1 Å². The van der Waals surface area contributed by atoms with E-state index in [0.29, 0.717) is 12.2 Å². The maximum Gasteiger partial charge on any atom is 0.333 e. The van der Waals surface area contributed by atoms with Crippen molar-refractivity contribution in [3.8, 4) is 0 Å². The van der Waals surface area contributed by atoms with E-state index in [9.17, 15) is 4.79 Å². The summed E-state index contributed by atoms with van der Waals surface area (Å²) >= 11 is 0. The molecule has 82 valence electrons. The fourth-order valence-electron chi connectivity index (χ4n) is 0.915. The minimum absolute atomic E-state index is 0.296. The van der Waals surface area contributed by atoms with Crippen LogP contribution < -0.4 is 0 Å². The fourth-order valence-corrected chi connectivity index (χ4v) is 0.915. The number of rotatable bonds is 8. The average Bonchev–Trinajstić information content (AvgIpc) is 2.16. The quantitative estimate of drug-likeness (QED) is 0.342. The van der Waals surface area contributed by atoms with Crippen LogP contribution in [-0.2, 0) is 14.3 Å². The van der Waals surface area contributed by atoms with E-state index in [2.05, 4.69) is 6.58 Å². The lowest BCUT2D eigenvalue weighted by molar-refractivity contribution is -0.139. The molecular weight excluding hydrogens is 180 g/mol. The zero-order valence-electron chi connectivity index (χ0n) is 9.17. The van der Waals surface area contributed by atoms with Gasteiger partial charge in [0.2, 0.25) is 0 Å². The smallest absolute Gasteiger partial charge is 0.333 e. The van der Waals surface area contributed by atoms with Crippen LogP contribution >= 0.6 is 0 Å². The number of hydrogen-bond donors (Lipinski definition) is 0. The van der Waals surface area contributed by atoms with Gasteiger partial charge in [0, 0.05) is 18.8 Å². The van der Waals surface area contributed by atoms with Crippen LogP contribution in [0.25, 0.3) is 0 Å². The molecular formula is C11H20O3. The molecule has 0 aromatic heterocycles. The van der Waals surface area contributed by atoms with Gasteiger partial charge < -0.3 is 9.47 Å². The summed E-state index contributed by atoms with van der Waals surface area (Å²) in [6, 6.07) is 0. The summed E-state index contributed by atoms with van der Waals surface area (Å²) in [7, 11) is 0. The van der Waals surface area contributed by atoms with Gasteiger partial charge in [-0.1, -0.05) is 6.58 Å². The molecule has 3 heteroatoms. The third kappa shape index (κ3) is 7.80. The predicted molar refractivity (Wildman–Crippen MR) is 56.1 cm³/mol. The molecule has 0 saturated carbocycles. The molecule has 0 saturated heterocycles. The third-order valence-corrected chi connectivity index (χ3v) is 1.72. The van der Waals surface area contributed by atoms with Crippen molar-refractivity contribution in [1.29, 1.82) is 0 Å². The Morgan fingerprint density at radius 2 is 1.86 bits per heavy atom. The molecule has 0 aliphatic carbocycles. The van der Waals surface area contributed by atoms with E-state index in [-0.39, 0.29) is 5.97 Å². The van der Waals surface area contributed by atoms with Gasteiger partial charge in [-0.3, -0.25) is 0 Å². The van der Waals surface area contributed by atoms with Crippen LogP contribution in [0, 0.1) is 0 Å². The summed E-state index contributed by atoms with van der Waals surface area (Å²) in [6.07, 6.45) is 2.95. The highest BCUT2D eigenvalue weighted by molar-refractivity contribution is 5.86. The molecule has 0 unspecified atom stereocenters. The Morgan fingerprint density at radius 1 is 1.21 bits per heavy atom. The van der Waals surface area contributed by atoms with E-state index in [0.717, 1.165) is 32.5 Å². The van der Waals surface area contributed by atoms with Crippen LogP contribution in [0.3, 0.4) is 0 Å². The second-order valence-electron chi connectivity index (χ2n) is 3.17. The van der Waals surface area contributed by atoms with Crippen molar-refractivity contribution in [2.45, 2.75) is 33.1 Å². The lowest BCUT2D eigenvalue weighted by Gasteiger charge is -2.04. The molecule has 0 rings (SSSR count). The Balaban J connectivity index is 3.13. The van der Waals surface area contributed by atoms with Crippen molar-refractivity contribution in [1.82, 2.24) is 0 Å². The SMILES string of the molecule is C=C(C)C(=O)OCCCCCOCC. The van der Waals surface area contributed by atoms with E-state index < -0.39 is 0 Å². The number of carbonyl (C=O) groups excluding carboxylic acids is 1. The van der Waals surface area contributed by atoms with Crippen LogP contribution in [0.4, 0.5) is 0 Å². The minimum Gasteiger partial charge on any atom is -0.462 e. The lowest BCUT2D eigenvalue weighted by atomic mass is 10.2. The zero-order chi connectivity index (χ0) is 10.8. The number of ether oxygens (including phenoxy) is 2. The van der Waals surface area contributed by atoms with E-state index in [4.69, 9.17) is 9.47 Å². The highest BCUT2D eigenvalue weighted by atomic mass is 16.5. The summed E-state index contributed by atoms with van der Waals surface area (Å²) in [6.45, 7) is 9.18. The molecule has 0 heterocycles. The molecule has 0 aliphatic heterocycles. The van der Waals surface area contributed by atoms with Crippen LogP contribution in [0.5, 0.6) is 0 Å². The number of hydrogen-bond acceptors (Lipinski definition) is 3. The molecule has 0 aliphatic rings. The van der Waals surface area contributed by atoms with Crippen molar-refractivity contribution in [3.05, 3.63) is 12.2 Å². The van der Waals surface area contributed by atoms with Gasteiger partial charge in [0.1, 0.15) is 0 Å². The van der Waals surface area contributed by atoms with Gasteiger partial charge in [-0.05, 0) is 33.1 Å². The largest absolute Gasteiger partial charge is 0.462 e. The van der Waals surface area contributed by atoms with Crippen molar-refractivity contribution in [3.63, 3.8) is 0 Å². The first kappa shape index (κ1) is 13.2. The Kier molecular flexibility index (Phi) is 8.24. The molecule has 0 aromatic carbocycles. The molecule has 3 nitrogen and oxygen atoms in total. The lowest BCUT2D eigenvalue weighted by Crippen LogP contribution is -2.06. The summed E-state index contributed by atoms with van der Waals surface area (Å²) in [5.41, 5.74) is 0.458. The van der Waals surface area contributed by atoms with Crippen molar-refractivity contribution in [2.24, 2.45) is 0 Å². The Bertz CT molecular complexity index is 175. The van der Waals surface area contributed by atoms with Gasteiger partial charge in [-0.15, -0.1) is 0 Å². The van der Waals surface area contributed by atoms with E-state index in [1.165, 1.54) is 0 Å². The second kappa shape index (κ2) is 8.75. The summed E-state index contributed by atoms with van der Waals surface area (Å²) < 4.78 is 10.1. The highest BCUT2D eigenvalue weighted by Crippen LogP contribution is 1.99. The molecule has 0 bridgehead atoms. The Hall–Kier alpha value is -0.830. The van der Waals surface area contributed by atoms with Gasteiger partial charge in [0.25, 0.3) is 0 Å². The third-order valence-electron chi connectivity index (χ3n) is 1.72. The molecule has 0 N–H and O–H groups in total. The van der Waals surface area contributed by atoms with Crippen molar-refractivity contribution in [2.75, 3.05) is 19.8 Å². The molecule has 0 atom stereocenters. The van der Waals surface area contributed by atoms with Gasteiger partial charge in [0.05, 0.1) is 6.61 Å². The van der Waals surface area contributed by atoms with Gasteiger partial charge >= 0.3 is 5.97 Å². The molecule has 0 aromatic rings. The van der Waals surface area contributed by atoms with Crippen LogP contribution in [-0.4, -0.2) is 25.8 Å². The first-order valence-electron chi connectivity index (χ1n) is 5.08. The Morgan fingerprint density at radius 3 is 2.43 bits per heavy atom. The average molecular weight is 200 g/mol. The monoisotopic (exact) mass is 200 g/mol. The molecule has 14 heavy (non-hydrogen) atoms. The summed E-state index contributed by atoms with van der Waals surface area (Å²) in [5.74, 6) is -0.296. The standard InChI is InChI=1S/C11H20O3/c1-4-13-8-6-5-7-9-14-11(12)10(2)3/h2,4-9H2,1,3H3. The van der Waals surface area contributed by atoms with Gasteiger partial charge in [0.15, 0.2) is 0 Å². The van der Waals surface area contributed by atoms with Crippen molar-refractivity contribution >= 4 is 5.97 Å². The summed E-state index contributed by atoms with van der Waals surface area (Å²) in [4.78, 5) is 10.9. The Labute approximate surface area is 86.1 Å².